The van der Waals surface area contributed by atoms with Crippen LogP contribution in [0.2, 0.25) is 0 Å². The molecule has 0 unspecified atom stereocenters. The Morgan fingerprint density at radius 3 is 2.32 bits per heavy atom. The van der Waals surface area contributed by atoms with Crippen LogP contribution in [0.5, 0.6) is 0 Å². The number of carbonyl (C=O) groups is 1. The Kier molecular flexibility index (Phi) is 9.22. The lowest BCUT2D eigenvalue weighted by atomic mass is 10.0. The lowest BCUT2D eigenvalue weighted by molar-refractivity contribution is -0.133. The molecule has 2 heterocycles. The fourth-order valence-corrected chi connectivity index (χ4v) is 3.10. The van der Waals surface area contributed by atoms with Crippen LogP contribution in [0.3, 0.4) is 0 Å². The quantitative estimate of drug-likeness (QED) is 0.873. The Morgan fingerprint density at radius 2 is 1.86 bits per heavy atom. The van der Waals surface area contributed by atoms with Gasteiger partial charge in [0.2, 0.25) is 11.0 Å². The van der Waals surface area contributed by atoms with Crippen LogP contribution < -0.4 is 10.6 Å². The van der Waals surface area contributed by atoms with Crippen LogP contribution in [-0.2, 0) is 4.79 Å². The first-order valence-electron chi connectivity index (χ1n) is 7.07. The Balaban J connectivity index is 0.00000220. The molecule has 1 aliphatic rings. The standard InChI is InChI=1S/C13H23N5OS.2ClH/c1-9(2)8-11(14)12(19)17-4-6-18(7-5-17)13-15-10(3)16-20-13;;/h9,11H,4-8,14H2,1-3H3;2*1H/t11-;;/m0../s1. The summed E-state index contributed by atoms with van der Waals surface area (Å²) in [5.74, 6) is 1.33. The SMILES string of the molecule is Cc1nsc(N2CCN(C(=O)[C@@H](N)CC(C)C)CC2)n1.Cl.Cl. The van der Waals surface area contributed by atoms with Crippen LogP contribution in [0.4, 0.5) is 5.13 Å². The first-order valence-corrected chi connectivity index (χ1v) is 7.84. The molecule has 22 heavy (non-hydrogen) atoms. The number of piperazine rings is 1. The zero-order chi connectivity index (χ0) is 14.7. The lowest BCUT2D eigenvalue weighted by Gasteiger charge is -2.35. The molecule has 0 aliphatic carbocycles. The van der Waals surface area contributed by atoms with Crippen molar-refractivity contribution in [2.75, 3.05) is 31.1 Å². The molecule has 1 fully saturated rings. The number of aromatic nitrogens is 2. The maximum absolute atomic E-state index is 12.2. The third-order valence-electron chi connectivity index (χ3n) is 3.42. The summed E-state index contributed by atoms with van der Waals surface area (Å²) in [6.07, 6.45) is 0.745. The molecule has 1 aliphatic heterocycles. The molecule has 1 amide bonds. The lowest BCUT2D eigenvalue weighted by Crippen LogP contribution is -2.53. The monoisotopic (exact) mass is 369 g/mol. The molecule has 6 nitrogen and oxygen atoms in total. The second-order valence-electron chi connectivity index (χ2n) is 5.67. The van der Waals surface area contributed by atoms with Gasteiger partial charge >= 0.3 is 0 Å². The van der Waals surface area contributed by atoms with Gasteiger partial charge < -0.3 is 15.5 Å². The molecule has 128 valence electrons. The van der Waals surface area contributed by atoms with E-state index in [2.05, 4.69) is 28.1 Å². The van der Waals surface area contributed by atoms with Crippen LogP contribution in [0, 0.1) is 12.8 Å². The summed E-state index contributed by atoms with van der Waals surface area (Å²) >= 11 is 1.42. The minimum Gasteiger partial charge on any atom is -0.343 e. The summed E-state index contributed by atoms with van der Waals surface area (Å²) in [6, 6.07) is -0.370. The van der Waals surface area contributed by atoms with E-state index in [9.17, 15) is 4.79 Å². The van der Waals surface area contributed by atoms with Gasteiger partial charge in [0.05, 0.1) is 6.04 Å². The van der Waals surface area contributed by atoms with Gasteiger partial charge in [-0.3, -0.25) is 4.79 Å². The van der Waals surface area contributed by atoms with E-state index < -0.39 is 0 Å². The van der Waals surface area contributed by atoms with Crippen molar-refractivity contribution in [1.82, 2.24) is 14.3 Å². The number of amides is 1. The van der Waals surface area contributed by atoms with Crippen molar-refractivity contribution < 1.29 is 4.79 Å². The minimum absolute atomic E-state index is 0. The number of nitrogens with two attached hydrogens (primary N) is 1. The number of halogens is 2. The van der Waals surface area contributed by atoms with Crippen LogP contribution in [0.15, 0.2) is 0 Å². The summed E-state index contributed by atoms with van der Waals surface area (Å²) in [5, 5.41) is 0.945. The van der Waals surface area contributed by atoms with Crippen LogP contribution in [-0.4, -0.2) is 52.4 Å². The van der Waals surface area contributed by atoms with Crippen molar-refractivity contribution in [1.29, 1.82) is 0 Å². The molecule has 0 saturated carbocycles. The number of carbonyl (C=O) groups excluding carboxylic acids is 1. The van der Waals surface area contributed by atoms with Gasteiger partial charge in [0.15, 0.2) is 0 Å². The van der Waals surface area contributed by atoms with Crippen molar-refractivity contribution in [3.05, 3.63) is 5.82 Å². The van der Waals surface area contributed by atoms with E-state index in [1.807, 2.05) is 11.8 Å². The van der Waals surface area contributed by atoms with Crippen molar-refractivity contribution in [3.63, 3.8) is 0 Å². The Morgan fingerprint density at radius 1 is 1.27 bits per heavy atom. The van der Waals surface area contributed by atoms with E-state index >= 15 is 0 Å². The first kappa shape index (κ1) is 21.4. The van der Waals surface area contributed by atoms with Crippen LogP contribution >= 0.6 is 36.3 Å². The van der Waals surface area contributed by atoms with E-state index in [0.29, 0.717) is 19.0 Å². The van der Waals surface area contributed by atoms with Crippen molar-refractivity contribution in [2.24, 2.45) is 11.7 Å². The molecule has 0 aromatic carbocycles. The van der Waals surface area contributed by atoms with Crippen LogP contribution in [0.25, 0.3) is 0 Å². The van der Waals surface area contributed by atoms with Gasteiger partial charge in [0.1, 0.15) is 5.82 Å². The fraction of sp³-hybridized carbons (Fsp3) is 0.769. The molecule has 2 rings (SSSR count). The van der Waals surface area contributed by atoms with Gasteiger partial charge in [0.25, 0.3) is 0 Å². The van der Waals surface area contributed by atoms with Crippen molar-refractivity contribution >= 4 is 47.4 Å². The summed E-state index contributed by atoms with van der Waals surface area (Å²) in [4.78, 5) is 20.7. The zero-order valence-corrected chi connectivity index (χ0v) is 15.6. The van der Waals surface area contributed by atoms with Gasteiger partial charge in [-0.2, -0.15) is 4.37 Å². The van der Waals surface area contributed by atoms with E-state index in [1.165, 1.54) is 11.5 Å². The number of hydrogen-bond acceptors (Lipinski definition) is 6. The third kappa shape index (κ3) is 5.53. The molecule has 9 heteroatoms. The molecular formula is C13H25Cl2N5OS. The van der Waals surface area contributed by atoms with Gasteiger partial charge in [-0.25, -0.2) is 4.98 Å². The molecule has 2 N–H and O–H groups in total. The molecule has 1 saturated heterocycles. The Labute approximate surface area is 148 Å². The average Bonchev–Trinajstić information content (AvgIpc) is 2.84. The molecular weight excluding hydrogens is 345 g/mol. The highest BCUT2D eigenvalue weighted by Gasteiger charge is 2.26. The normalized spacial score (nSPS) is 16.0. The number of nitrogens with zero attached hydrogens (tertiary/aromatic N) is 4. The third-order valence-corrected chi connectivity index (χ3v) is 4.29. The predicted molar refractivity (Wildman–Crippen MR) is 95.4 cm³/mol. The number of hydrogen-bond donors (Lipinski definition) is 1. The number of anilines is 1. The van der Waals surface area contributed by atoms with E-state index in [-0.39, 0.29) is 36.8 Å². The van der Waals surface area contributed by atoms with Crippen molar-refractivity contribution in [2.45, 2.75) is 33.2 Å². The molecule has 1 atom stereocenters. The topological polar surface area (TPSA) is 75.4 Å². The minimum atomic E-state index is -0.370. The molecule has 1 aromatic heterocycles. The molecule has 0 spiro atoms. The van der Waals surface area contributed by atoms with Gasteiger partial charge in [-0.1, -0.05) is 13.8 Å². The highest BCUT2D eigenvalue weighted by Crippen LogP contribution is 2.19. The smallest absolute Gasteiger partial charge is 0.239 e. The largest absolute Gasteiger partial charge is 0.343 e. The highest BCUT2D eigenvalue weighted by molar-refractivity contribution is 7.09. The highest BCUT2D eigenvalue weighted by atomic mass is 35.5. The zero-order valence-electron chi connectivity index (χ0n) is 13.2. The van der Waals surface area contributed by atoms with E-state index in [0.717, 1.165) is 30.5 Å². The molecule has 0 bridgehead atoms. The fourth-order valence-electron chi connectivity index (χ4n) is 2.38. The predicted octanol–water partition coefficient (Wildman–Crippen LogP) is 1.71. The van der Waals surface area contributed by atoms with Crippen LogP contribution in [0.1, 0.15) is 26.1 Å². The summed E-state index contributed by atoms with van der Waals surface area (Å²) < 4.78 is 4.20. The number of aryl methyl sites for hydroxylation is 1. The maximum Gasteiger partial charge on any atom is 0.239 e. The van der Waals surface area contributed by atoms with E-state index in [4.69, 9.17) is 5.73 Å². The van der Waals surface area contributed by atoms with Gasteiger partial charge in [-0.15, -0.1) is 24.8 Å². The van der Waals surface area contributed by atoms with Gasteiger partial charge in [0, 0.05) is 37.7 Å². The van der Waals surface area contributed by atoms with Gasteiger partial charge in [-0.05, 0) is 19.3 Å². The Hall–Kier alpha value is -0.630. The second-order valence-corrected chi connectivity index (χ2v) is 6.40. The summed E-state index contributed by atoms with van der Waals surface area (Å²) in [6.45, 7) is 9.09. The maximum atomic E-state index is 12.2. The van der Waals surface area contributed by atoms with E-state index in [1.54, 1.807) is 0 Å². The number of rotatable bonds is 4. The summed E-state index contributed by atoms with van der Waals surface area (Å²) in [5.41, 5.74) is 5.97. The molecule has 1 aromatic rings. The average molecular weight is 370 g/mol. The Bertz CT molecular complexity index is 463. The first-order chi connectivity index (χ1) is 9.47. The summed E-state index contributed by atoms with van der Waals surface area (Å²) in [7, 11) is 0. The van der Waals surface area contributed by atoms with Crippen molar-refractivity contribution in [3.8, 4) is 0 Å². The second kappa shape index (κ2) is 9.50. The molecule has 0 radical (unpaired) electrons.